The lowest BCUT2D eigenvalue weighted by Gasteiger charge is -2.12. The van der Waals surface area contributed by atoms with Crippen LogP contribution in [0.25, 0.3) is 0 Å². The van der Waals surface area contributed by atoms with E-state index in [-0.39, 0.29) is 19.0 Å². The summed E-state index contributed by atoms with van der Waals surface area (Å²) in [6, 6.07) is 3.31. The van der Waals surface area contributed by atoms with Gasteiger partial charge in [0, 0.05) is 19.1 Å². The third kappa shape index (κ3) is 4.80. The number of carbonyl (C=O) groups excluding carboxylic acids is 1. The molecule has 1 rings (SSSR count). The largest absolute Gasteiger partial charge is 0.425 e. The summed E-state index contributed by atoms with van der Waals surface area (Å²) in [5.41, 5.74) is 3.70. The van der Waals surface area contributed by atoms with Gasteiger partial charge in [0.2, 0.25) is 0 Å². The number of ether oxygens (including phenoxy) is 2. The van der Waals surface area contributed by atoms with Crippen LogP contribution in [0, 0.1) is 0 Å². The summed E-state index contributed by atoms with van der Waals surface area (Å²) >= 11 is 6.13. The fraction of sp³-hybridized carbons (Fsp3) is 0.385. The Morgan fingerprint density at radius 3 is 2.80 bits per heavy atom. The zero-order valence-corrected chi connectivity index (χ0v) is 12.4. The van der Waals surface area contributed by atoms with E-state index in [4.69, 9.17) is 21.1 Å². The second-order valence-corrected chi connectivity index (χ2v) is 4.16. The van der Waals surface area contributed by atoms with Gasteiger partial charge in [-0.1, -0.05) is 18.5 Å². The van der Waals surface area contributed by atoms with Crippen LogP contribution in [0.15, 0.2) is 17.1 Å². The molecular weight excluding hydrogens is 284 g/mol. The first kappa shape index (κ1) is 16.4. The number of benzene rings is 1. The highest BCUT2D eigenvalue weighted by molar-refractivity contribution is 6.32. The van der Waals surface area contributed by atoms with E-state index < -0.39 is 0 Å². The molecule has 1 N–H and O–H groups in total. The van der Waals surface area contributed by atoms with Gasteiger partial charge in [0.05, 0.1) is 24.4 Å². The van der Waals surface area contributed by atoms with E-state index in [1.165, 1.54) is 13.4 Å². The third-order valence-corrected chi connectivity index (χ3v) is 2.57. The van der Waals surface area contributed by atoms with Gasteiger partial charge in [-0.2, -0.15) is 0 Å². The second kappa shape index (κ2) is 8.52. The highest BCUT2D eigenvalue weighted by atomic mass is 35.5. The summed E-state index contributed by atoms with van der Waals surface area (Å²) < 4.78 is 10.3. The van der Waals surface area contributed by atoms with Crippen molar-refractivity contribution in [1.29, 1.82) is 0 Å². The minimum absolute atomic E-state index is 0.257. The van der Waals surface area contributed by atoms with Crippen molar-refractivity contribution in [3.8, 4) is 5.75 Å². The second-order valence-electron chi connectivity index (χ2n) is 3.76. The monoisotopic (exact) mass is 300 g/mol. The molecule has 0 amide bonds. The maximum atomic E-state index is 11.4. The van der Waals surface area contributed by atoms with Gasteiger partial charge < -0.3 is 9.47 Å². The predicted octanol–water partition coefficient (Wildman–Crippen LogP) is 2.61. The number of nitrogens with zero attached hydrogens (tertiary/aromatic N) is 1. The summed E-state index contributed by atoms with van der Waals surface area (Å²) in [7, 11) is 3.02. The summed E-state index contributed by atoms with van der Waals surface area (Å²) in [6.45, 7) is 1.97. The Morgan fingerprint density at radius 2 is 2.20 bits per heavy atom. The molecule has 0 spiro atoms. The van der Waals surface area contributed by atoms with Crippen molar-refractivity contribution in [1.82, 2.24) is 5.48 Å². The predicted molar refractivity (Wildman–Crippen MR) is 76.4 cm³/mol. The van der Waals surface area contributed by atoms with Gasteiger partial charge in [-0.05, 0) is 12.1 Å². The van der Waals surface area contributed by atoms with Gasteiger partial charge in [0.15, 0.2) is 5.75 Å². The number of hydrogen-bond donors (Lipinski definition) is 1. The fourth-order valence-corrected chi connectivity index (χ4v) is 1.70. The lowest BCUT2D eigenvalue weighted by molar-refractivity contribution is -0.134. The number of aliphatic imine (C=N–C) groups is 1. The van der Waals surface area contributed by atoms with Crippen LogP contribution in [-0.4, -0.2) is 26.5 Å². The summed E-state index contributed by atoms with van der Waals surface area (Å²) in [6.07, 6.45) is 1.64. The first-order valence-electron chi connectivity index (χ1n) is 5.95. The molecule has 110 valence electrons. The lowest BCUT2D eigenvalue weighted by Crippen LogP contribution is -2.09. The minimum Gasteiger partial charge on any atom is -0.425 e. The Morgan fingerprint density at radius 1 is 1.45 bits per heavy atom. The van der Waals surface area contributed by atoms with Crippen molar-refractivity contribution in [2.75, 3.05) is 14.2 Å². The Kier molecular flexibility index (Phi) is 7.00. The first-order valence-corrected chi connectivity index (χ1v) is 6.33. The Labute approximate surface area is 122 Å². The highest BCUT2D eigenvalue weighted by Crippen LogP contribution is 2.34. The molecule has 1 aromatic carbocycles. The number of esters is 1. The number of hydrogen-bond acceptors (Lipinski definition) is 5. The van der Waals surface area contributed by atoms with Crippen molar-refractivity contribution in [2.24, 2.45) is 4.99 Å². The van der Waals surface area contributed by atoms with Gasteiger partial charge in [0.25, 0.3) is 0 Å². The minimum atomic E-state index is -0.360. The average Bonchev–Trinajstić information content (AvgIpc) is 2.43. The molecule has 0 atom stereocenters. The molecule has 0 aliphatic carbocycles. The quantitative estimate of drug-likeness (QED) is 0.276. The molecule has 0 radical (unpaired) electrons. The molecule has 6 nitrogen and oxygen atoms in total. The number of methoxy groups -OCH3 is 1. The van der Waals surface area contributed by atoms with E-state index >= 15 is 0 Å². The Bertz CT molecular complexity index is 492. The molecule has 0 fully saturated rings. The number of rotatable bonds is 7. The molecule has 0 aliphatic heterocycles. The maximum Gasteiger partial charge on any atom is 0.310 e. The van der Waals surface area contributed by atoms with Gasteiger partial charge in [-0.15, -0.1) is 0 Å². The van der Waals surface area contributed by atoms with Crippen LogP contribution in [-0.2, 0) is 21.0 Å². The van der Waals surface area contributed by atoms with Crippen LogP contribution in [0.2, 0.25) is 5.02 Å². The van der Waals surface area contributed by atoms with Crippen molar-refractivity contribution >= 4 is 29.6 Å². The molecule has 0 bridgehead atoms. The summed E-state index contributed by atoms with van der Waals surface area (Å²) in [4.78, 5) is 20.1. The van der Waals surface area contributed by atoms with E-state index in [0.717, 1.165) is 0 Å². The molecule has 7 heteroatoms. The lowest BCUT2D eigenvalue weighted by atomic mass is 10.2. The van der Waals surface area contributed by atoms with Gasteiger partial charge in [-0.25, -0.2) is 4.99 Å². The zero-order chi connectivity index (χ0) is 15.0. The molecule has 0 aliphatic rings. The van der Waals surface area contributed by atoms with Gasteiger partial charge >= 0.3 is 5.97 Å². The van der Waals surface area contributed by atoms with Crippen molar-refractivity contribution in [3.05, 3.63) is 22.7 Å². The number of hydroxylamine groups is 1. The Hall–Kier alpha value is -1.63. The van der Waals surface area contributed by atoms with Crippen molar-refractivity contribution in [3.63, 3.8) is 0 Å². The molecule has 0 heterocycles. The zero-order valence-electron chi connectivity index (χ0n) is 11.6. The van der Waals surface area contributed by atoms with Crippen LogP contribution < -0.4 is 10.2 Å². The number of carbonyl (C=O) groups is 1. The Balaban J connectivity index is 3.07. The van der Waals surface area contributed by atoms with E-state index in [2.05, 4.69) is 15.3 Å². The average molecular weight is 301 g/mol. The number of halogens is 1. The summed E-state index contributed by atoms with van der Waals surface area (Å²) in [5, 5.41) is 0.297. The molecule has 20 heavy (non-hydrogen) atoms. The maximum absolute atomic E-state index is 11.4. The van der Waals surface area contributed by atoms with Crippen LogP contribution in [0.3, 0.4) is 0 Å². The van der Waals surface area contributed by atoms with Gasteiger partial charge in [0.1, 0.15) is 6.34 Å². The highest BCUT2D eigenvalue weighted by Gasteiger charge is 2.14. The van der Waals surface area contributed by atoms with Crippen molar-refractivity contribution in [2.45, 2.75) is 20.0 Å². The van der Waals surface area contributed by atoms with E-state index in [1.807, 2.05) is 0 Å². The SMILES string of the molecule is CCC(=O)Oc1c(Cl)cc(N=CNOC)cc1COC. The van der Waals surface area contributed by atoms with E-state index in [0.29, 0.717) is 22.0 Å². The third-order valence-electron chi connectivity index (χ3n) is 2.29. The van der Waals surface area contributed by atoms with Gasteiger partial charge in [-0.3, -0.25) is 15.1 Å². The standard InChI is InChI=1S/C13H17ClN2O4/c1-4-12(17)20-13-9(7-18-2)5-10(6-11(13)14)15-8-16-19-3/h5-6,8H,4,7H2,1-3H3,(H,15,16). The van der Waals surface area contributed by atoms with Crippen LogP contribution in [0.4, 0.5) is 5.69 Å². The molecule has 0 saturated carbocycles. The molecule has 0 unspecified atom stereocenters. The molecule has 0 saturated heterocycles. The molecule has 0 aromatic heterocycles. The van der Waals surface area contributed by atoms with E-state index in [1.54, 1.807) is 26.2 Å². The fourth-order valence-electron chi connectivity index (χ4n) is 1.43. The van der Waals surface area contributed by atoms with Crippen LogP contribution >= 0.6 is 11.6 Å². The first-order chi connectivity index (χ1) is 9.62. The molecular formula is C13H17ClN2O4. The topological polar surface area (TPSA) is 69.2 Å². The normalized spacial score (nSPS) is 10.8. The van der Waals surface area contributed by atoms with Crippen molar-refractivity contribution < 1.29 is 19.1 Å². The van der Waals surface area contributed by atoms with Crippen LogP contribution in [0.1, 0.15) is 18.9 Å². The van der Waals surface area contributed by atoms with E-state index in [9.17, 15) is 4.79 Å². The van der Waals surface area contributed by atoms with Crippen LogP contribution in [0.5, 0.6) is 5.75 Å². The summed E-state index contributed by atoms with van der Waals surface area (Å²) in [5.74, 6) is -0.0550. The smallest absolute Gasteiger partial charge is 0.310 e. The number of nitrogens with one attached hydrogen (secondary N) is 1. The molecule has 1 aromatic rings.